The first kappa shape index (κ1) is 24.2. The van der Waals surface area contributed by atoms with Crippen molar-refractivity contribution in [2.24, 2.45) is 0 Å². The number of aryl methyl sites for hydroxylation is 1. The van der Waals surface area contributed by atoms with Crippen molar-refractivity contribution in [1.82, 2.24) is 24.3 Å². The molecule has 184 valence electrons. The van der Waals surface area contributed by atoms with Crippen LogP contribution in [0.1, 0.15) is 42.5 Å². The van der Waals surface area contributed by atoms with Crippen LogP contribution in [0.2, 0.25) is 0 Å². The van der Waals surface area contributed by atoms with E-state index in [-0.39, 0.29) is 6.04 Å². The smallest absolute Gasteiger partial charge is 0.223 e. The van der Waals surface area contributed by atoms with Crippen LogP contribution in [-0.2, 0) is 0 Å². The van der Waals surface area contributed by atoms with Crippen molar-refractivity contribution in [3.8, 4) is 17.5 Å². The van der Waals surface area contributed by atoms with Crippen molar-refractivity contribution < 1.29 is 0 Å². The molecule has 0 saturated carbocycles. The summed E-state index contributed by atoms with van der Waals surface area (Å²) in [5.74, 6) is 0.465. The number of anilines is 2. The third-order valence-corrected chi connectivity index (χ3v) is 7.25. The summed E-state index contributed by atoms with van der Waals surface area (Å²) in [4.78, 5) is 16.1. The molecule has 3 aromatic heterocycles. The molecule has 0 amide bonds. The number of piperidine rings is 1. The fourth-order valence-electron chi connectivity index (χ4n) is 4.64. The number of benzene rings is 1. The molecule has 0 radical (unpaired) electrons. The highest BCUT2D eigenvalue weighted by Crippen LogP contribution is 2.28. The minimum atomic E-state index is -0.0244. The van der Waals surface area contributed by atoms with E-state index in [0.29, 0.717) is 23.2 Å². The number of rotatable bonds is 6. The Morgan fingerprint density at radius 3 is 2.75 bits per heavy atom. The Hall–Kier alpha value is -3.48. The molecule has 1 fully saturated rings. The zero-order valence-corrected chi connectivity index (χ0v) is 22.2. The molecule has 4 aromatic rings. The largest absolute Gasteiger partial charge is 0.382 e. The first-order chi connectivity index (χ1) is 17.4. The highest BCUT2D eigenvalue weighted by Gasteiger charge is 2.18. The third-order valence-electron chi connectivity index (χ3n) is 6.67. The fraction of sp³-hybridized carbons (Fsp3) is 0.333. The SMILES string of the molecule is Cc1cc(Br)c2ncc(-c3nc(N[C@@H](C)c4cccc(NC5CCN(C)CC5)c4)ncc3C#N)n2c1. The number of hydrogen-bond acceptors (Lipinski definition) is 7. The summed E-state index contributed by atoms with van der Waals surface area (Å²) in [7, 11) is 2.18. The van der Waals surface area contributed by atoms with E-state index >= 15 is 0 Å². The summed E-state index contributed by atoms with van der Waals surface area (Å²) >= 11 is 3.58. The molecule has 0 aliphatic carbocycles. The van der Waals surface area contributed by atoms with Crippen molar-refractivity contribution in [1.29, 1.82) is 5.26 Å². The van der Waals surface area contributed by atoms with Gasteiger partial charge in [0.25, 0.3) is 0 Å². The highest BCUT2D eigenvalue weighted by atomic mass is 79.9. The Morgan fingerprint density at radius 1 is 1.17 bits per heavy atom. The minimum absolute atomic E-state index is 0.0244. The number of nitriles is 1. The quantitative estimate of drug-likeness (QED) is 0.335. The Labute approximate surface area is 219 Å². The molecule has 5 rings (SSSR count). The molecule has 9 heteroatoms. The average molecular weight is 545 g/mol. The molecular formula is C27H29BrN8. The van der Waals surface area contributed by atoms with Gasteiger partial charge in [-0.1, -0.05) is 12.1 Å². The first-order valence-corrected chi connectivity index (χ1v) is 12.9. The lowest BCUT2D eigenvalue weighted by Crippen LogP contribution is -2.36. The average Bonchev–Trinajstić information content (AvgIpc) is 3.29. The molecule has 8 nitrogen and oxygen atoms in total. The topological polar surface area (TPSA) is 94.2 Å². The molecule has 0 spiro atoms. The van der Waals surface area contributed by atoms with Gasteiger partial charge in [-0.25, -0.2) is 15.0 Å². The predicted octanol–water partition coefficient (Wildman–Crippen LogP) is 5.41. The van der Waals surface area contributed by atoms with Crippen LogP contribution in [0, 0.1) is 18.3 Å². The summed E-state index contributed by atoms with van der Waals surface area (Å²) in [6.45, 7) is 6.35. The predicted molar refractivity (Wildman–Crippen MR) is 146 cm³/mol. The molecule has 1 saturated heterocycles. The first-order valence-electron chi connectivity index (χ1n) is 12.1. The zero-order chi connectivity index (χ0) is 25.2. The van der Waals surface area contributed by atoms with E-state index in [1.165, 1.54) is 0 Å². The van der Waals surface area contributed by atoms with E-state index in [2.05, 4.69) is 85.7 Å². The molecule has 1 atom stereocenters. The van der Waals surface area contributed by atoms with E-state index in [4.69, 9.17) is 4.98 Å². The second-order valence-corrected chi connectivity index (χ2v) is 10.3. The summed E-state index contributed by atoms with van der Waals surface area (Å²) < 4.78 is 2.84. The van der Waals surface area contributed by atoms with E-state index in [9.17, 15) is 5.26 Å². The number of halogens is 1. The Morgan fingerprint density at radius 2 is 1.97 bits per heavy atom. The van der Waals surface area contributed by atoms with Crippen LogP contribution in [0.25, 0.3) is 17.0 Å². The van der Waals surface area contributed by atoms with Gasteiger partial charge in [0.2, 0.25) is 5.95 Å². The number of nitrogens with zero attached hydrogens (tertiary/aromatic N) is 6. The maximum atomic E-state index is 9.73. The second kappa shape index (κ2) is 10.2. The molecule has 2 N–H and O–H groups in total. The van der Waals surface area contributed by atoms with Gasteiger partial charge in [-0.15, -0.1) is 0 Å². The van der Waals surface area contributed by atoms with Gasteiger partial charge >= 0.3 is 0 Å². The molecule has 0 unspecified atom stereocenters. The van der Waals surface area contributed by atoms with Crippen LogP contribution in [0.4, 0.5) is 11.6 Å². The maximum Gasteiger partial charge on any atom is 0.223 e. The Balaban J connectivity index is 1.38. The van der Waals surface area contributed by atoms with Crippen LogP contribution in [-0.4, -0.2) is 50.4 Å². The monoisotopic (exact) mass is 544 g/mol. The number of aromatic nitrogens is 4. The van der Waals surface area contributed by atoms with Crippen molar-refractivity contribution in [3.05, 3.63) is 70.1 Å². The molecule has 1 aliphatic rings. The van der Waals surface area contributed by atoms with Gasteiger partial charge in [-0.2, -0.15) is 5.26 Å². The lowest BCUT2D eigenvalue weighted by molar-refractivity contribution is 0.264. The summed E-state index contributed by atoms with van der Waals surface area (Å²) in [6, 6.07) is 13.2. The number of nitrogens with one attached hydrogen (secondary N) is 2. The van der Waals surface area contributed by atoms with Gasteiger partial charge in [0.05, 0.1) is 34.2 Å². The van der Waals surface area contributed by atoms with Gasteiger partial charge in [-0.05, 0) is 92.1 Å². The molecule has 36 heavy (non-hydrogen) atoms. The Bertz CT molecular complexity index is 1430. The molecule has 4 heterocycles. The third kappa shape index (κ3) is 5.06. The number of hydrogen-bond donors (Lipinski definition) is 2. The van der Waals surface area contributed by atoms with Crippen molar-refractivity contribution in [3.63, 3.8) is 0 Å². The summed E-state index contributed by atoms with van der Waals surface area (Å²) in [6.07, 6.45) is 7.60. The summed E-state index contributed by atoms with van der Waals surface area (Å²) in [5.41, 5.74) is 5.80. The molecule has 1 aromatic carbocycles. The van der Waals surface area contributed by atoms with E-state index in [1.807, 2.05) is 23.6 Å². The van der Waals surface area contributed by atoms with Crippen molar-refractivity contribution in [2.45, 2.75) is 38.8 Å². The lowest BCUT2D eigenvalue weighted by Gasteiger charge is -2.30. The van der Waals surface area contributed by atoms with Gasteiger partial charge in [-0.3, -0.25) is 4.40 Å². The Kier molecular flexibility index (Phi) is 6.90. The van der Waals surface area contributed by atoms with Crippen LogP contribution < -0.4 is 10.6 Å². The van der Waals surface area contributed by atoms with E-state index < -0.39 is 0 Å². The summed E-state index contributed by atoms with van der Waals surface area (Å²) in [5, 5.41) is 16.8. The van der Waals surface area contributed by atoms with Crippen LogP contribution in [0.3, 0.4) is 0 Å². The van der Waals surface area contributed by atoms with Gasteiger partial charge in [0, 0.05) is 17.9 Å². The number of likely N-dealkylation sites (tertiary alicyclic amines) is 1. The zero-order valence-electron chi connectivity index (χ0n) is 20.7. The molecule has 0 bridgehead atoms. The van der Waals surface area contributed by atoms with Crippen molar-refractivity contribution >= 4 is 33.2 Å². The maximum absolute atomic E-state index is 9.73. The number of pyridine rings is 1. The van der Waals surface area contributed by atoms with E-state index in [1.54, 1.807) is 12.4 Å². The fourth-order valence-corrected chi connectivity index (χ4v) is 5.30. The number of fused-ring (bicyclic) bond motifs is 1. The van der Waals surface area contributed by atoms with E-state index in [0.717, 1.165) is 58.6 Å². The minimum Gasteiger partial charge on any atom is -0.382 e. The molecule has 1 aliphatic heterocycles. The van der Waals surface area contributed by atoms with Crippen LogP contribution in [0.15, 0.2) is 53.4 Å². The van der Waals surface area contributed by atoms with Gasteiger partial charge in [0.15, 0.2) is 5.65 Å². The molecular weight excluding hydrogens is 516 g/mol. The lowest BCUT2D eigenvalue weighted by atomic mass is 10.0. The highest BCUT2D eigenvalue weighted by molar-refractivity contribution is 9.10. The van der Waals surface area contributed by atoms with Crippen LogP contribution >= 0.6 is 15.9 Å². The standard InChI is InChI=1S/C27H29BrN8/c1-17-11-23(28)26-30-15-24(36(26)16-17)25-20(13-29)14-31-27(34-25)32-18(2)19-5-4-6-22(12-19)33-21-7-9-35(3)10-8-21/h4-6,11-12,14-16,18,21,33H,7-10H2,1-3H3,(H,31,32,34)/t18-/m0/s1. The number of imidazole rings is 1. The normalized spacial score (nSPS) is 15.5. The van der Waals surface area contributed by atoms with Crippen LogP contribution in [0.5, 0.6) is 0 Å². The van der Waals surface area contributed by atoms with Gasteiger partial charge in [0.1, 0.15) is 11.8 Å². The van der Waals surface area contributed by atoms with Gasteiger partial charge < -0.3 is 15.5 Å². The van der Waals surface area contributed by atoms with Crippen molar-refractivity contribution in [2.75, 3.05) is 30.8 Å². The second-order valence-electron chi connectivity index (χ2n) is 9.48.